The lowest BCUT2D eigenvalue weighted by molar-refractivity contribution is 0.182. The van der Waals surface area contributed by atoms with Gasteiger partial charge in [0.1, 0.15) is 0 Å². The molecule has 0 atom stereocenters. The SMILES string of the molecule is CCc1cnc(N2CC(C)(C)N(CC)C2=O)nc1. The van der Waals surface area contributed by atoms with E-state index in [4.69, 9.17) is 0 Å². The first-order valence-corrected chi connectivity index (χ1v) is 6.39. The molecule has 1 aliphatic heterocycles. The maximum Gasteiger partial charge on any atom is 0.327 e. The van der Waals surface area contributed by atoms with Crippen LogP contribution in [0.2, 0.25) is 0 Å². The van der Waals surface area contributed by atoms with E-state index in [1.54, 1.807) is 17.3 Å². The smallest absolute Gasteiger partial charge is 0.318 e. The number of carbonyl (C=O) groups excluding carboxylic acids is 1. The molecule has 98 valence electrons. The van der Waals surface area contributed by atoms with Crippen LogP contribution in [0.5, 0.6) is 0 Å². The fourth-order valence-corrected chi connectivity index (χ4v) is 2.33. The summed E-state index contributed by atoms with van der Waals surface area (Å²) in [5.41, 5.74) is 0.913. The highest BCUT2D eigenvalue weighted by molar-refractivity contribution is 5.93. The van der Waals surface area contributed by atoms with Gasteiger partial charge in [-0.3, -0.25) is 4.90 Å². The highest BCUT2D eigenvalue weighted by Gasteiger charge is 2.43. The summed E-state index contributed by atoms with van der Waals surface area (Å²) in [7, 11) is 0. The number of urea groups is 1. The predicted molar refractivity (Wildman–Crippen MR) is 70.6 cm³/mol. The number of amides is 2. The number of hydrogen-bond acceptors (Lipinski definition) is 3. The number of hydrogen-bond donors (Lipinski definition) is 0. The van der Waals surface area contributed by atoms with Crippen LogP contribution in [-0.2, 0) is 6.42 Å². The Labute approximate surface area is 108 Å². The zero-order valence-electron chi connectivity index (χ0n) is 11.5. The highest BCUT2D eigenvalue weighted by Crippen LogP contribution is 2.28. The van der Waals surface area contributed by atoms with Crippen molar-refractivity contribution in [3.63, 3.8) is 0 Å². The Morgan fingerprint density at radius 2 is 1.89 bits per heavy atom. The van der Waals surface area contributed by atoms with Crippen molar-refractivity contribution in [2.45, 2.75) is 39.7 Å². The van der Waals surface area contributed by atoms with Gasteiger partial charge in [-0.25, -0.2) is 14.8 Å². The first-order chi connectivity index (χ1) is 8.49. The molecule has 1 aromatic rings. The van der Waals surface area contributed by atoms with Crippen molar-refractivity contribution >= 4 is 12.0 Å². The minimum atomic E-state index is -0.168. The second-order valence-electron chi connectivity index (χ2n) is 5.17. The molecule has 2 amide bonds. The van der Waals surface area contributed by atoms with Gasteiger partial charge in [-0.05, 0) is 32.8 Å². The number of carbonyl (C=O) groups is 1. The molecule has 0 bridgehead atoms. The molecule has 0 aliphatic carbocycles. The van der Waals surface area contributed by atoms with Crippen LogP contribution in [0.4, 0.5) is 10.7 Å². The molecule has 0 saturated carbocycles. The van der Waals surface area contributed by atoms with Gasteiger partial charge in [0.05, 0.1) is 12.1 Å². The van der Waals surface area contributed by atoms with E-state index in [9.17, 15) is 4.79 Å². The maximum atomic E-state index is 12.3. The molecule has 5 heteroatoms. The standard InChI is InChI=1S/C13H20N4O/c1-5-10-7-14-11(15-8-10)16-9-13(3,4)17(6-2)12(16)18/h7-8H,5-6,9H2,1-4H3. The van der Waals surface area contributed by atoms with E-state index in [-0.39, 0.29) is 11.6 Å². The van der Waals surface area contributed by atoms with Crippen LogP contribution >= 0.6 is 0 Å². The molecular weight excluding hydrogens is 228 g/mol. The fourth-order valence-electron chi connectivity index (χ4n) is 2.33. The molecule has 18 heavy (non-hydrogen) atoms. The topological polar surface area (TPSA) is 49.3 Å². The van der Waals surface area contributed by atoms with E-state index in [2.05, 4.69) is 30.7 Å². The van der Waals surface area contributed by atoms with Gasteiger partial charge in [-0.15, -0.1) is 0 Å². The molecule has 1 fully saturated rings. The van der Waals surface area contributed by atoms with Crippen molar-refractivity contribution in [1.29, 1.82) is 0 Å². The zero-order chi connectivity index (χ0) is 13.3. The van der Waals surface area contributed by atoms with Gasteiger partial charge in [0.25, 0.3) is 0 Å². The third-order valence-corrected chi connectivity index (χ3v) is 3.40. The Kier molecular flexibility index (Phi) is 3.24. The summed E-state index contributed by atoms with van der Waals surface area (Å²) >= 11 is 0. The molecule has 0 N–H and O–H groups in total. The van der Waals surface area contributed by atoms with E-state index in [0.717, 1.165) is 12.0 Å². The second-order valence-corrected chi connectivity index (χ2v) is 5.17. The molecule has 1 aliphatic rings. The minimum absolute atomic E-state index is 0.00764. The monoisotopic (exact) mass is 248 g/mol. The number of aromatic nitrogens is 2. The molecule has 2 heterocycles. The van der Waals surface area contributed by atoms with Gasteiger partial charge in [-0.1, -0.05) is 6.92 Å². The molecule has 1 saturated heterocycles. The maximum absolute atomic E-state index is 12.3. The molecule has 5 nitrogen and oxygen atoms in total. The summed E-state index contributed by atoms with van der Waals surface area (Å²) in [6.45, 7) is 9.51. The fraction of sp³-hybridized carbons (Fsp3) is 0.615. The first kappa shape index (κ1) is 12.8. The van der Waals surface area contributed by atoms with Gasteiger partial charge >= 0.3 is 6.03 Å². The summed E-state index contributed by atoms with van der Waals surface area (Å²) in [6, 6.07) is -0.00764. The number of rotatable bonds is 3. The Morgan fingerprint density at radius 1 is 1.28 bits per heavy atom. The van der Waals surface area contributed by atoms with Crippen LogP contribution in [0, 0.1) is 0 Å². The molecule has 0 spiro atoms. The van der Waals surface area contributed by atoms with E-state index in [0.29, 0.717) is 19.0 Å². The van der Waals surface area contributed by atoms with Crippen LogP contribution in [0.25, 0.3) is 0 Å². The largest absolute Gasteiger partial charge is 0.327 e. The number of likely N-dealkylation sites (N-methyl/N-ethyl adjacent to an activating group) is 1. The van der Waals surface area contributed by atoms with E-state index >= 15 is 0 Å². The van der Waals surface area contributed by atoms with Gasteiger partial charge in [-0.2, -0.15) is 0 Å². The lowest BCUT2D eigenvalue weighted by Gasteiger charge is -2.27. The lowest BCUT2D eigenvalue weighted by Crippen LogP contribution is -2.41. The van der Waals surface area contributed by atoms with Crippen molar-refractivity contribution in [1.82, 2.24) is 14.9 Å². The van der Waals surface area contributed by atoms with Crippen LogP contribution in [-0.4, -0.2) is 39.5 Å². The Balaban J connectivity index is 2.26. The Morgan fingerprint density at radius 3 is 2.33 bits per heavy atom. The van der Waals surface area contributed by atoms with Gasteiger partial charge in [0, 0.05) is 18.9 Å². The van der Waals surface area contributed by atoms with Crippen molar-refractivity contribution < 1.29 is 4.79 Å². The number of anilines is 1. The van der Waals surface area contributed by atoms with Crippen molar-refractivity contribution in [2.75, 3.05) is 18.0 Å². The molecule has 0 unspecified atom stereocenters. The Hall–Kier alpha value is -1.65. The summed E-state index contributed by atoms with van der Waals surface area (Å²) in [5.74, 6) is 0.501. The highest BCUT2D eigenvalue weighted by atomic mass is 16.2. The van der Waals surface area contributed by atoms with Crippen molar-refractivity contribution in [2.24, 2.45) is 0 Å². The van der Waals surface area contributed by atoms with Crippen LogP contribution in [0.3, 0.4) is 0 Å². The van der Waals surface area contributed by atoms with Gasteiger partial charge in [0.15, 0.2) is 0 Å². The van der Waals surface area contributed by atoms with Crippen LogP contribution in [0.15, 0.2) is 12.4 Å². The first-order valence-electron chi connectivity index (χ1n) is 6.39. The zero-order valence-corrected chi connectivity index (χ0v) is 11.5. The molecule has 0 aromatic carbocycles. The van der Waals surface area contributed by atoms with E-state index < -0.39 is 0 Å². The minimum Gasteiger partial charge on any atom is -0.318 e. The van der Waals surface area contributed by atoms with E-state index in [1.165, 1.54) is 0 Å². The number of aryl methyl sites for hydroxylation is 1. The quantitative estimate of drug-likeness (QED) is 0.823. The van der Waals surface area contributed by atoms with Gasteiger partial charge in [0.2, 0.25) is 5.95 Å². The molecule has 0 radical (unpaired) electrons. The predicted octanol–water partition coefficient (Wildman–Crippen LogP) is 2.08. The molecule has 1 aromatic heterocycles. The number of nitrogens with zero attached hydrogens (tertiary/aromatic N) is 4. The normalized spacial score (nSPS) is 18.6. The average molecular weight is 248 g/mol. The summed E-state index contributed by atoms with van der Waals surface area (Å²) in [5, 5.41) is 0. The Bertz CT molecular complexity index is 441. The summed E-state index contributed by atoms with van der Waals surface area (Å²) < 4.78 is 0. The third kappa shape index (κ3) is 2.05. The lowest BCUT2D eigenvalue weighted by atomic mass is 10.1. The summed E-state index contributed by atoms with van der Waals surface area (Å²) in [6.07, 6.45) is 4.48. The average Bonchev–Trinajstić information content (AvgIpc) is 2.59. The third-order valence-electron chi connectivity index (χ3n) is 3.40. The van der Waals surface area contributed by atoms with Crippen molar-refractivity contribution in [3.8, 4) is 0 Å². The van der Waals surface area contributed by atoms with Crippen LogP contribution < -0.4 is 4.90 Å². The van der Waals surface area contributed by atoms with Crippen molar-refractivity contribution in [3.05, 3.63) is 18.0 Å². The second kappa shape index (κ2) is 4.55. The molecule has 2 rings (SSSR count). The molecular formula is C13H20N4O. The van der Waals surface area contributed by atoms with E-state index in [1.807, 2.05) is 11.8 Å². The summed E-state index contributed by atoms with van der Waals surface area (Å²) in [4.78, 5) is 24.4. The van der Waals surface area contributed by atoms with Gasteiger partial charge < -0.3 is 4.90 Å². The van der Waals surface area contributed by atoms with Crippen LogP contribution in [0.1, 0.15) is 33.3 Å².